The van der Waals surface area contributed by atoms with E-state index in [-0.39, 0.29) is 12.0 Å². The van der Waals surface area contributed by atoms with E-state index in [1.165, 1.54) is 31.7 Å². The lowest BCUT2D eigenvalue weighted by Gasteiger charge is -2.40. The summed E-state index contributed by atoms with van der Waals surface area (Å²) >= 11 is 2.03. The molecule has 0 aromatic heterocycles. The number of methoxy groups -OCH3 is 1. The van der Waals surface area contributed by atoms with Crippen molar-refractivity contribution in [3.05, 3.63) is 0 Å². The minimum atomic E-state index is -0.0690. The Kier molecular flexibility index (Phi) is 4.49. The summed E-state index contributed by atoms with van der Waals surface area (Å²) in [4.78, 5) is 16.1. The Morgan fingerprint density at radius 1 is 1.31 bits per heavy atom. The van der Waals surface area contributed by atoms with Crippen molar-refractivity contribution in [2.45, 2.75) is 12.5 Å². The molecule has 0 bridgehead atoms. The third-order valence-electron chi connectivity index (χ3n) is 3.41. The number of likely N-dealkylation sites (tertiary alicyclic amines) is 1. The molecule has 5 heteroatoms. The number of carbonyl (C=O) groups excluding carboxylic acids is 1. The molecule has 2 fully saturated rings. The summed E-state index contributed by atoms with van der Waals surface area (Å²) in [6.07, 6.45) is 0.961. The largest absolute Gasteiger partial charge is 0.468 e. The second-order valence-corrected chi connectivity index (χ2v) is 5.54. The van der Waals surface area contributed by atoms with Crippen molar-refractivity contribution in [3.8, 4) is 0 Å². The second-order valence-electron chi connectivity index (χ2n) is 4.32. The Morgan fingerprint density at radius 2 is 2.06 bits per heavy atom. The number of hydrogen-bond donors (Lipinski definition) is 0. The van der Waals surface area contributed by atoms with Crippen LogP contribution in [0.15, 0.2) is 0 Å². The summed E-state index contributed by atoms with van der Waals surface area (Å²) in [5.41, 5.74) is 0. The molecule has 2 heterocycles. The van der Waals surface area contributed by atoms with Gasteiger partial charge < -0.3 is 9.64 Å². The predicted octanol–water partition coefficient (Wildman–Crippen LogP) is 0.282. The van der Waals surface area contributed by atoms with Gasteiger partial charge in [0.25, 0.3) is 0 Å². The molecule has 0 aromatic carbocycles. The number of rotatable bonds is 4. The zero-order chi connectivity index (χ0) is 11.4. The molecule has 0 aromatic rings. The van der Waals surface area contributed by atoms with E-state index in [2.05, 4.69) is 9.80 Å². The monoisotopic (exact) mass is 244 g/mol. The van der Waals surface area contributed by atoms with Crippen molar-refractivity contribution in [2.24, 2.45) is 0 Å². The SMILES string of the molecule is COC(=O)C1CCN1CCN1CCSCC1. The molecule has 92 valence electrons. The van der Waals surface area contributed by atoms with Gasteiger partial charge in [0.2, 0.25) is 0 Å². The fourth-order valence-electron chi connectivity index (χ4n) is 2.21. The smallest absolute Gasteiger partial charge is 0.323 e. The molecular weight excluding hydrogens is 224 g/mol. The van der Waals surface area contributed by atoms with Crippen molar-refractivity contribution in [2.75, 3.05) is 51.3 Å². The van der Waals surface area contributed by atoms with Gasteiger partial charge in [0.05, 0.1) is 7.11 Å². The van der Waals surface area contributed by atoms with Crippen LogP contribution in [-0.4, -0.2) is 73.2 Å². The molecule has 4 nitrogen and oxygen atoms in total. The molecule has 2 aliphatic rings. The van der Waals surface area contributed by atoms with Crippen LogP contribution in [0.25, 0.3) is 0 Å². The van der Waals surface area contributed by atoms with E-state index in [0.717, 1.165) is 26.1 Å². The highest BCUT2D eigenvalue weighted by atomic mass is 32.2. The van der Waals surface area contributed by atoms with Gasteiger partial charge in [0, 0.05) is 44.2 Å². The van der Waals surface area contributed by atoms with Crippen LogP contribution in [0, 0.1) is 0 Å². The Hall–Kier alpha value is -0.260. The van der Waals surface area contributed by atoms with E-state index in [0.29, 0.717) is 0 Å². The van der Waals surface area contributed by atoms with Crippen molar-refractivity contribution < 1.29 is 9.53 Å². The van der Waals surface area contributed by atoms with Crippen molar-refractivity contribution in [1.29, 1.82) is 0 Å². The molecule has 2 aliphatic heterocycles. The van der Waals surface area contributed by atoms with Gasteiger partial charge in [-0.1, -0.05) is 0 Å². The summed E-state index contributed by atoms with van der Waals surface area (Å²) in [7, 11) is 1.47. The zero-order valence-electron chi connectivity index (χ0n) is 9.85. The van der Waals surface area contributed by atoms with E-state index in [1.54, 1.807) is 0 Å². The number of carbonyl (C=O) groups is 1. The van der Waals surface area contributed by atoms with Crippen LogP contribution < -0.4 is 0 Å². The number of nitrogens with zero attached hydrogens (tertiary/aromatic N) is 2. The van der Waals surface area contributed by atoms with Gasteiger partial charge in [-0.2, -0.15) is 11.8 Å². The van der Waals surface area contributed by atoms with Gasteiger partial charge >= 0.3 is 5.97 Å². The molecule has 0 saturated carbocycles. The van der Waals surface area contributed by atoms with Gasteiger partial charge in [-0.3, -0.25) is 9.69 Å². The van der Waals surface area contributed by atoms with Crippen molar-refractivity contribution >= 4 is 17.7 Å². The summed E-state index contributed by atoms with van der Waals surface area (Å²) in [6, 6.07) is 0.0316. The zero-order valence-corrected chi connectivity index (χ0v) is 10.7. The van der Waals surface area contributed by atoms with Crippen LogP contribution in [0.5, 0.6) is 0 Å². The number of thioether (sulfide) groups is 1. The maximum Gasteiger partial charge on any atom is 0.323 e. The molecule has 0 spiro atoms. The molecule has 16 heavy (non-hydrogen) atoms. The molecule has 0 amide bonds. The van der Waals surface area contributed by atoms with Gasteiger partial charge in [-0.25, -0.2) is 0 Å². The van der Waals surface area contributed by atoms with Crippen LogP contribution in [0.1, 0.15) is 6.42 Å². The van der Waals surface area contributed by atoms with E-state index in [1.807, 2.05) is 11.8 Å². The van der Waals surface area contributed by atoms with Crippen LogP contribution in [0.3, 0.4) is 0 Å². The highest BCUT2D eigenvalue weighted by Gasteiger charge is 2.34. The normalized spacial score (nSPS) is 27.4. The van der Waals surface area contributed by atoms with Crippen LogP contribution >= 0.6 is 11.8 Å². The number of ether oxygens (including phenoxy) is 1. The molecule has 1 atom stereocenters. The Balaban J connectivity index is 1.67. The third-order valence-corrected chi connectivity index (χ3v) is 4.35. The summed E-state index contributed by atoms with van der Waals surface area (Å²) < 4.78 is 4.78. The molecular formula is C11H20N2O2S. The highest BCUT2D eigenvalue weighted by molar-refractivity contribution is 7.99. The lowest BCUT2D eigenvalue weighted by Crippen LogP contribution is -2.55. The predicted molar refractivity (Wildman–Crippen MR) is 65.8 cm³/mol. The number of hydrogen-bond acceptors (Lipinski definition) is 5. The van der Waals surface area contributed by atoms with Crippen LogP contribution in [0.2, 0.25) is 0 Å². The summed E-state index contributed by atoms with van der Waals surface area (Å²) in [6.45, 7) is 5.53. The standard InChI is InChI=1S/C11H20N2O2S/c1-15-11(14)10-2-3-13(10)5-4-12-6-8-16-9-7-12/h10H,2-9H2,1H3. The lowest BCUT2D eigenvalue weighted by atomic mass is 10.0. The minimum Gasteiger partial charge on any atom is -0.468 e. The fourth-order valence-corrected chi connectivity index (χ4v) is 3.18. The molecule has 1 unspecified atom stereocenters. The van der Waals surface area contributed by atoms with Gasteiger partial charge in [0.15, 0.2) is 0 Å². The molecule has 0 aliphatic carbocycles. The quantitative estimate of drug-likeness (QED) is 0.664. The van der Waals surface area contributed by atoms with Crippen LogP contribution in [-0.2, 0) is 9.53 Å². The van der Waals surface area contributed by atoms with Gasteiger partial charge in [-0.05, 0) is 6.42 Å². The van der Waals surface area contributed by atoms with E-state index >= 15 is 0 Å². The van der Waals surface area contributed by atoms with Gasteiger partial charge in [-0.15, -0.1) is 0 Å². The van der Waals surface area contributed by atoms with E-state index in [4.69, 9.17) is 4.74 Å². The maximum absolute atomic E-state index is 11.4. The number of esters is 1. The van der Waals surface area contributed by atoms with Crippen molar-refractivity contribution in [1.82, 2.24) is 9.80 Å². The van der Waals surface area contributed by atoms with Gasteiger partial charge in [0.1, 0.15) is 6.04 Å². The average molecular weight is 244 g/mol. The lowest BCUT2D eigenvalue weighted by molar-refractivity contribution is -0.152. The van der Waals surface area contributed by atoms with Crippen LogP contribution in [0.4, 0.5) is 0 Å². The highest BCUT2D eigenvalue weighted by Crippen LogP contribution is 2.18. The first kappa shape index (κ1) is 12.2. The topological polar surface area (TPSA) is 32.8 Å². The Labute approximate surface area is 101 Å². The summed E-state index contributed by atoms with van der Waals surface area (Å²) in [5.74, 6) is 2.43. The first-order valence-corrected chi connectivity index (χ1v) is 7.08. The Morgan fingerprint density at radius 3 is 2.62 bits per heavy atom. The van der Waals surface area contributed by atoms with Crippen molar-refractivity contribution in [3.63, 3.8) is 0 Å². The Bertz CT molecular complexity index is 244. The molecule has 2 rings (SSSR count). The molecule has 2 saturated heterocycles. The first-order valence-electron chi connectivity index (χ1n) is 5.93. The maximum atomic E-state index is 11.4. The molecule has 0 N–H and O–H groups in total. The molecule has 0 radical (unpaired) electrons. The second kappa shape index (κ2) is 5.89. The first-order chi connectivity index (χ1) is 7.81. The minimum absolute atomic E-state index is 0.0316. The third kappa shape index (κ3) is 2.90. The fraction of sp³-hybridized carbons (Fsp3) is 0.909. The average Bonchev–Trinajstić information content (AvgIpc) is 2.29. The summed E-state index contributed by atoms with van der Waals surface area (Å²) in [5, 5.41) is 0. The van der Waals surface area contributed by atoms with E-state index < -0.39 is 0 Å². The van der Waals surface area contributed by atoms with E-state index in [9.17, 15) is 4.79 Å².